The Morgan fingerprint density at radius 3 is 2.59 bits per heavy atom. The number of aliphatic carboxylic acids is 1. The highest BCUT2D eigenvalue weighted by molar-refractivity contribution is 7.99. The van der Waals surface area contributed by atoms with Gasteiger partial charge in [-0.2, -0.15) is 11.8 Å². The predicted molar refractivity (Wildman–Crippen MR) is 68.3 cm³/mol. The number of thioether (sulfide) groups is 1. The molecule has 17 heavy (non-hydrogen) atoms. The van der Waals surface area contributed by atoms with Gasteiger partial charge in [0, 0.05) is 7.11 Å². The highest BCUT2D eigenvalue weighted by Gasteiger charge is 2.29. The molecule has 100 valence electrons. The number of methoxy groups -OCH3 is 1. The van der Waals surface area contributed by atoms with Crippen molar-refractivity contribution in [1.82, 2.24) is 5.32 Å². The third-order valence-corrected chi connectivity index (χ3v) is 3.19. The molecule has 1 amide bonds. The number of carbonyl (C=O) groups excluding carboxylic acids is 1. The van der Waals surface area contributed by atoms with Crippen LogP contribution in [0.15, 0.2) is 0 Å². The summed E-state index contributed by atoms with van der Waals surface area (Å²) < 4.78 is 4.95. The Kier molecular flexibility index (Phi) is 7.99. The molecule has 0 rings (SSSR count). The van der Waals surface area contributed by atoms with Gasteiger partial charge in [-0.1, -0.05) is 6.92 Å². The number of rotatable bonds is 9. The SMILES string of the molecule is CCCSCC(=O)NC(C)(COC)CC(=O)O. The van der Waals surface area contributed by atoms with E-state index in [1.54, 1.807) is 6.92 Å². The van der Waals surface area contributed by atoms with E-state index in [2.05, 4.69) is 5.32 Å². The van der Waals surface area contributed by atoms with Crippen LogP contribution in [-0.4, -0.2) is 47.7 Å². The summed E-state index contributed by atoms with van der Waals surface area (Å²) in [5.41, 5.74) is -0.843. The molecule has 0 fully saturated rings. The number of ether oxygens (including phenoxy) is 1. The van der Waals surface area contributed by atoms with E-state index in [-0.39, 0.29) is 18.9 Å². The maximum atomic E-state index is 11.6. The van der Waals surface area contributed by atoms with Crippen molar-refractivity contribution >= 4 is 23.6 Å². The first kappa shape index (κ1) is 16.2. The Balaban J connectivity index is 4.22. The van der Waals surface area contributed by atoms with Gasteiger partial charge in [0.25, 0.3) is 0 Å². The zero-order valence-electron chi connectivity index (χ0n) is 10.6. The van der Waals surface area contributed by atoms with Crippen LogP contribution >= 0.6 is 11.8 Å². The van der Waals surface area contributed by atoms with Crippen molar-refractivity contribution in [2.75, 3.05) is 25.2 Å². The molecule has 0 aromatic carbocycles. The number of hydrogen-bond acceptors (Lipinski definition) is 4. The van der Waals surface area contributed by atoms with Gasteiger partial charge in [-0.3, -0.25) is 9.59 Å². The second-order valence-corrected chi connectivity index (χ2v) is 5.27. The van der Waals surface area contributed by atoms with Crippen LogP contribution in [0.4, 0.5) is 0 Å². The highest BCUT2D eigenvalue weighted by Crippen LogP contribution is 2.11. The van der Waals surface area contributed by atoms with Crippen LogP contribution < -0.4 is 5.32 Å². The van der Waals surface area contributed by atoms with Gasteiger partial charge in [-0.15, -0.1) is 0 Å². The van der Waals surface area contributed by atoms with E-state index in [0.717, 1.165) is 12.2 Å². The first-order valence-corrected chi connectivity index (χ1v) is 6.68. The third-order valence-electron chi connectivity index (χ3n) is 2.03. The normalized spacial score (nSPS) is 14.1. The molecular formula is C11H21NO4S. The molecule has 0 aliphatic carbocycles. The molecule has 0 spiro atoms. The molecule has 0 bridgehead atoms. The zero-order valence-corrected chi connectivity index (χ0v) is 11.4. The summed E-state index contributed by atoms with van der Waals surface area (Å²) in [4.78, 5) is 22.3. The van der Waals surface area contributed by atoms with Gasteiger partial charge in [-0.25, -0.2) is 0 Å². The smallest absolute Gasteiger partial charge is 0.305 e. The van der Waals surface area contributed by atoms with E-state index < -0.39 is 11.5 Å². The Hall–Kier alpha value is -0.750. The summed E-state index contributed by atoms with van der Waals surface area (Å²) in [5, 5.41) is 11.5. The second-order valence-electron chi connectivity index (χ2n) is 4.16. The summed E-state index contributed by atoms with van der Waals surface area (Å²) in [6.07, 6.45) is 0.868. The lowest BCUT2D eigenvalue weighted by atomic mass is 9.99. The molecule has 0 saturated carbocycles. The van der Waals surface area contributed by atoms with Crippen molar-refractivity contribution in [3.8, 4) is 0 Å². The minimum absolute atomic E-state index is 0.148. The molecule has 0 aliphatic rings. The van der Waals surface area contributed by atoms with Crippen LogP contribution in [0.25, 0.3) is 0 Å². The fourth-order valence-electron chi connectivity index (χ4n) is 1.47. The van der Waals surface area contributed by atoms with Crippen LogP contribution in [0, 0.1) is 0 Å². The Labute approximate surface area is 106 Å². The van der Waals surface area contributed by atoms with Gasteiger partial charge in [0.1, 0.15) is 0 Å². The molecule has 0 aromatic heterocycles. The van der Waals surface area contributed by atoms with E-state index >= 15 is 0 Å². The fourth-order valence-corrected chi connectivity index (χ4v) is 2.16. The minimum atomic E-state index is -0.953. The molecule has 1 atom stereocenters. The highest BCUT2D eigenvalue weighted by atomic mass is 32.2. The number of amides is 1. The summed E-state index contributed by atoms with van der Waals surface area (Å²) in [5.74, 6) is 0.176. The number of hydrogen-bond donors (Lipinski definition) is 2. The quantitative estimate of drug-likeness (QED) is 0.610. The second kappa shape index (κ2) is 8.36. The molecule has 0 radical (unpaired) electrons. The van der Waals surface area contributed by atoms with Crippen molar-refractivity contribution in [3.05, 3.63) is 0 Å². The maximum absolute atomic E-state index is 11.6. The topological polar surface area (TPSA) is 75.6 Å². The molecule has 0 heterocycles. The summed E-state index contributed by atoms with van der Waals surface area (Å²) in [6, 6.07) is 0. The van der Waals surface area contributed by atoms with Crippen molar-refractivity contribution in [2.24, 2.45) is 0 Å². The van der Waals surface area contributed by atoms with Crippen molar-refractivity contribution in [1.29, 1.82) is 0 Å². The summed E-state index contributed by atoms with van der Waals surface area (Å²) in [6.45, 7) is 3.90. The number of carbonyl (C=O) groups is 2. The van der Waals surface area contributed by atoms with E-state index in [1.165, 1.54) is 18.9 Å². The van der Waals surface area contributed by atoms with Crippen molar-refractivity contribution in [2.45, 2.75) is 32.2 Å². The lowest BCUT2D eigenvalue weighted by molar-refractivity contribution is -0.139. The van der Waals surface area contributed by atoms with Gasteiger partial charge in [0.05, 0.1) is 24.3 Å². The van der Waals surface area contributed by atoms with Gasteiger partial charge in [0.2, 0.25) is 5.91 Å². The van der Waals surface area contributed by atoms with Gasteiger partial charge in [-0.05, 0) is 19.1 Å². The standard InChI is InChI=1S/C11H21NO4S/c1-4-5-17-7-9(13)12-11(2,8-16-3)6-10(14)15/h4-8H2,1-3H3,(H,12,13)(H,14,15). The van der Waals surface area contributed by atoms with Crippen LogP contribution in [0.3, 0.4) is 0 Å². The Morgan fingerprint density at radius 1 is 1.47 bits per heavy atom. The summed E-state index contributed by atoms with van der Waals surface area (Å²) >= 11 is 1.54. The fraction of sp³-hybridized carbons (Fsp3) is 0.818. The molecule has 5 nitrogen and oxygen atoms in total. The lowest BCUT2D eigenvalue weighted by Gasteiger charge is -2.28. The molecule has 6 heteroatoms. The van der Waals surface area contributed by atoms with Crippen molar-refractivity contribution < 1.29 is 19.4 Å². The molecule has 0 saturated heterocycles. The first-order valence-electron chi connectivity index (χ1n) is 5.53. The third kappa shape index (κ3) is 8.04. The monoisotopic (exact) mass is 263 g/mol. The Bertz CT molecular complexity index is 260. The zero-order chi connectivity index (χ0) is 13.3. The first-order chi connectivity index (χ1) is 7.93. The molecule has 2 N–H and O–H groups in total. The number of nitrogens with one attached hydrogen (secondary N) is 1. The lowest BCUT2D eigenvalue weighted by Crippen LogP contribution is -2.51. The average Bonchev–Trinajstić information content (AvgIpc) is 2.16. The molecule has 0 aromatic rings. The van der Waals surface area contributed by atoms with Crippen LogP contribution in [0.1, 0.15) is 26.7 Å². The number of carboxylic acids is 1. The van der Waals surface area contributed by atoms with Gasteiger partial charge < -0.3 is 15.2 Å². The van der Waals surface area contributed by atoms with E-state index in [9.17, 15) is 9.59 Å². The minimum Gasteiger partial charge on any atom is -0.481 e. The van der Waals surface area contributed by atoms with E-state index in [1.807, 2.05) is 6.92 Å². The number of carboxylic acid groups (broad SMARTS) is 1. The molecule has 1 unspecified atom stereocenters. The van der Waals surface area contributed by atoms with Gasteiger partial charge >= 0.3 is 5.97 Å². The summed E-state index contributed by atoms with van der Waals surface area (Å²) in [7, 11) is 1.48. The van der Waals surface area contributed by atoms with E-state index in [0.29, 0.717) is 5.75 Å². The van der Waals surface area contributed by atoms with Crippen LogP contribution in [0.5, 0.6) is 0 Å². The van der Waals surface area contributed by atoms with Crippen LogP contribution in [-0.2, 0) is 14.3 Å². The Morgan fingerprint density at radius 2 is 2.12 bits per heavy atom. The van der Waals surface area contributed by atoms with Crippen LogP contribution in [0.2, 0.25) is 0 Å². The predicted octanol–water partition coefficient (Wildman–Crippen LogP) is 1.13. The molecular weight excluding hydrogens is 242 g/mol. The molecule has 0 aliphatic heterocycles. The largest absolute Gasteiger partial charge is 0.481 e. The maximum Gasteiger partial charge on any atom is 0.305 e. The van der Waals surface area contributed by atoms with E-state index in [4.69, 9.17) is 9.84 Å². The van der Waals surface area contributed by atoms with Crippen molar-refractivity contribution in [3.63, 3.8) is 0 Å². The van der Waals surface area contributed by atoms with Gasteiger partial charge in [0.15, 0.2) is 0 Å². The average molecular weight is 263 g/mol.